The minimum Gasteiger partial charge on any atom is -0.444 e. The summed E-state index contributed by atoms with van der Waals surface area (Å²) in [5.74, 6) is -0.508. The van der Waals surface area contributed by atoms with E-state index in [0.717, 1.165) is 11.6 Å². The number of amides is 2. The third-order valence-electron chi connectivity index (χ3n) is 3.89. The molecule has 2 amide bonds. The summed E-state index contributed by atoms with van der Waals surface area (Å²) >= 11 is 0. The summed E-state index contributed by atoms with van der Waals surface area (Å²) in [6, 6.07) is 10.2. The van der Waals surface area contributed by atoms with E-state index in [-0.39, 0.29) is 18.7 Å². The number of benzene rings is 1. The van der Waals surface area contributed by atoms with E-state index in [1.807, 2.05) is 30.3 Å². The summed E-state index contributed by atoms with van der Waals surface area (Å²) in [6.45, 7) is 5.03. The van der Waals surface area contributed by atoms with E-state index < -0.39 is 35.4 Å². The summed E-state index contributed by atoms with van der Waals surface area (Å²) in [4.78, 5) is 28.5. The van der Waals surface area contributed by atoms with Crippen molar-refractivity contribution in [1.29, 1.82) is 0 Å². The Kier molecular flexibility index (Phi) is 7.42. The molecule has 30 heavy (non-hydrogen) atoms. The van der Waals surface area contributed by atoms with Gasteiger partial charge in [0.15, 0.2) is 0 Å². The molecule has 1 aromatic carbocycles. The van der Waals surface area contributed by atoms with Crippen molar-refractivity contribution in [3.05, 3.63) is 65.5 Å². The quantitative estimate of drug-likeness (QED) is 0.740. The van der Waals surface area contributed by atoms with Gasteiger partial charge in [0.05, 0.1) is 17.8 Å². The van der Waals surface area contributed by atoms with Crippen LogP contribution in [-0.2, 0) is 28.7 Å². The molecule has 162 valence electrons. The Balaban J connectivity index is 2.05. The molecule has 0 saturated heterocycles. The second-order valence-corrected chi connectivity index (χ2v) is 7.64. The molecule has 0 unspecified atom stereocenters. The van der Waals surface area contributed by atoms with E-state index in [2.05, 4.69) is 15.6 Å². The number of hydrogen-bond donors (Lipinski definition) is 2. The second-order valence-electron chi connectivity index (χ2n) is 7.64. The summed E-state index contributed by atoms with van der Waals surface area (Å²) < 4.78 is 43.1. The van der Waals surface area contributed by atoms with Gasteiger partial charge >= 0.3 is 12.3 Å². The Labute approximate surface area is 172 Å². The van der Waals surface area contributed by atoms with Crippen LogP contribution in [0.1, 0.15) is 37.6 Å². The van der Waals surface area contributed by atoms with Crippen LogP contribution in [0.5, 0.6) is 0 Å². The molecule has 9 heteroatoms. The molecule has 1 aromatic heterocycles. The lowest BCUT2D eigenvalue weighted by molar-refractivity contribution is -0.137. The maximum Gasteiger partial charge on any atom is 0.417 e. The van der Waals surface area contributed by atoms with Crippen molar-refractivity contribution in [2.75, 3.05) is 0 Å². The molecule has 0 aliphatic carbocycles. The van der Waals surface area contributed by atoms with Gasteiger partial charge in [0.25, 0.3) is 0 Å². The van der Waals surface area contributed by atoms with Gasteiger partial charge in [0, 0.05) is 12.6 Å². The smallest absolute Gasteiger partial charge is 0.417 e. The molecule has 6 nitrogen and oxygen atoms in total. The predicted molar refractivity (Wildman–Crippen MR) is 104 cm³/mol. The van der Waals surface area contributed by atoms with Gasteiger partial charge in [-0.2, -0.15) is 13.2 Å². The standard InChI is InChI=1S/C21H24F3N3O3/c1-20(2,3)30-19(29)27-17(11-14-7-5-4-6-8-14)18(28)26-13-16-10-9-15(12-25-16)21(22,23)24/h4-10,12,17H,11,13H2,1-3H3,(H,26,28)(H,27,29)/t17-/m1/s1. The first-order valence-corrected chi connectivity index (χ1v) is 9.27. The molecule has 1 heterocycles. The molecule has 0 aliphatic rings. The van der Waals surface area contributed by atoms with Crippen LogP contribution >= 0.6 is 0 Å². The highest BCUT2D eigenvalue weighted by Crippen LogP contribution is 2.28. The van der Waals surface area contributed by atoms with Crippen molar-refractivity contribution in [1.82, 2.24) is 15.6 Å². The third-order valence-corrected chi connectivity index (χ3v) is 3.89. The van der Waals surface area contributed by atoms with Crippen molar-refractivity contribution < 1.29 is 27.5 Å². The zero-order valence-electron chi connectivity index (χ0n) is 16.9. The fourth-order valence-electron chi connectivity index (χ4n) is 2.51. The van der Waals surface area contributed by atoms with E-state index in [4.69, 9.17) is 4.74 Å². The van der Waals surface area contributed by atoms with E-state index in [0.29, 0.717) is 6.20 Å². The summed E-state index contributed by atoms with van der Waals surface area (Å²) in [5.41, 5.74) is -0.526. The predicted octanol–water partition coefficient (Wildman–Crippen LogP) is 3.85. The van der Waals surface area contributed by atoms with Gasteiger partial charge in [0.1, 0.15) is 11.6 Å². The van der Waals surface area contributed by atoms with E-state index in [9.17, 15) is 22.8 Å². The normalized spacial score (nSPS) is 12.7. The summed E-state index contributed by atoms with van der Waals surface area (Å²) in [7, 11) is 0. The van der Waals surface area contributed by atoms with Gasteiger partial charge in [0.2, 0.25) is 5.91 Å². The number of rotatable bonds is 6. The number of hydrogen-bond acceptors (Lipinski definition) is 4. The van der Waals surface area contributed by atoms with Crippen LogP contribution in [-0.4, -0.2) is 28.6 Å². The SMILES string of the molecule is CC(C)(C)OC(=O)N[C@H](Cc1ccccc1)C(=O)NCc1ccc(C(F)(F)F)cn1. The lowest BCUT2D eigenvalue weighted by Crippen LogP contribution is -2.49. The number of carbonyl (C=O) groups is 2. The Morgan fingerprint density at radius 3 is 2.27 bits per heavy atom. The highest BCUT2D eigenvalue weighted by molar-refractivity contribution is 5.86. The number of ether oxygens (including phenoxy) is 1. The van der Waals surface area contributed by atoms with Gasteiger partial charge in [-0.05, 0) is 38.5 Å². The Morgan fingerprint density at radius 1 is 1.07 bits per heavy atom. The molecule has 0 bridgehead atoms. The van der Waals surface area contributed by atoms with Crippen LogP contribution in [0.15, 0.2) is 48.7 Å². The lowest BCUT2D eigenvalue weighted by atomic mass is 10.1. The first kappa shape index (κ1) is 23.2. The number of aromatic nitrogens is 1. The van der Waals surface area contributed by atoms with Gasteiger partial charge in [-0.25, -0.2) is 4.79 Å². The molecule has 0 saturated carbocycles. The molecule has 0 fully saturated rings. The van der Waals surface area contributed by atoms with Crippen LogP contribution in [0, 0.1) is 0 Å². The van der Waals surface area contributed by atoms with Crippen LogP contribution < -0.4 is 10.6 Å². The van der Waals surface area contributed by atoms with Gasteiger partial charge in [-0.15, -0.1) is 0 Å². The molecule has 2 N–H and O–H groups in total. The Hall–Kier alpha value is -3.10. The van der Waals surface area contributed by atoms with E-state index in [1.165, 1.54) is 6.07 Å². The minimum absolute atomic E-state index is 0.0851. The van der Waals surface area contributed by atoms with Crippen molar-refractivity contribution >= 4 is 12.0 Å². The number of alkyl halides is 3. The zero-order chi connectivity index (χ0) is 22.4. The summed E-state index contributed by atoms with van der Waals surface area (Å²) in [6.07, 6.45) is -4.30. The molecule has 0 radical (unpaired) electrons. The Morgan fingerprint density at radius 2 is 1.73 bits per heavy atom. The van der Waals surface area contributed by atoms with Crippen molar-refractivity contribution in [2.24, 2.45) is 0 Å². The average molecular weight is 423 g/mol. The highest BCUT2D eigenvalue weighted by atomic mass is 19.4. The molecule has 0 spiro atoms. The fourth-order valence-corrected chi connectivity index (χ4v) is 2.51. The molecular weight excluding hydrogens is 399 g/mol. The molecule has 0 aliphatic heterocycles. The lowest BCUT2D eigenvalue weighted by Gasteiger charge is -2.23. The largest absolute Gasteiger partial charge is 0.444 e. The van der Waals surface area contributed by atoms with Crippen molar-refractivity contribution in [2.45, 2.75) is 51.6 Å². The first-order valence-electron chi connectivity index (χ1n) is 9.27. The monoisotopic (exact) mass is 423 g/mol. The molecule has 2 rings (SSSR count). The molecular formula is C21H24F3N3O3. The van der Waals surface area contributed by atoms with Crippen molar-refractivity contribution in [3.8, 4) is 0 Å². The van der Waals surface area contributed by atoms with Crippen LogP contribution in [0.2, 0.25) is 0 Å². The Bertz CT molecular complexity index is 848. The number of alkyl carbamates (subject to hydrolysis) is 1. The minimum atomic E-state index is -4.48. The number of pyridine rings is 1. The number of carbonyl (C=O) groups excluding carboxylic acids is 2. The zero-order valence-corrected chi connectivity index (χ0v) is 16.9. The topological polar surface area (TPSA) is 80.3 Å². The van der Waals surface area contributed by atoms with E-state index in [1.54, 1.807) is 20.8 Å². The summed E-state index contributed by atoms with van der Waals surface area (Å²) in [5, 5.41) is 5.14. The van der Waals surface area contributed by atoms with Crippen molar-refractivity contribution in [3.63, 3.8) is 0 Å². The number of nitrogens with one attached hydrogen (secondary N) is 2. The fraction of sp³-hybridized carbons (Fsp3) is 0.381. The second kappa shape index (κ2) is 9.60. The van der Waals surface area contributed by atoms with E-state index >= 15 is 0 Å². The van der Waals surface area contributed by atoms with Crippen LogP contribution in [0.3, 0.4) is 0 Å². The van der Waals surface area contributed by atoms with Crippen LogP contribution in [0.4, 0.5) is 18.0 Å². The average Bonchev–Trinajstić information content (AvgIpc) is 2.64. The van der Waals surface area contributed by atoms with Crippen LogP contribution in [0.25, 0.3) is 0 Å². The molecule has 1 atom stereocenters. The number of nitrogens with zero attached hydrogens (tertiary/aromatic N) is 1. The van der Waals surface area contributed by atoms with Gasteiger partial charge in [-0.1, -0.05) is 30.3 Å². The van der Waals surface area contributed by atoms with Gasteiger partial charge < -0.3 is 15.4 Å². The molecule has 2 aromatic rings. The maximum absolute atomic E-state index is 12.7. The number of halogens is 3. The van der Waals surface area contributed by atoms with Gasteiger partial charge in [-0.3, -0.25) is 9.78 Å². The third kappa shape index (κ3) is 7.73. The highest BCUT2D eigenvalue weighted by Gasteiger charge is 2.30. The maximum atomic E-state index is 12.7. The first-order chi connectivity index (χ1) is 13.9.